The first-order chi connectivity index (χ1) is 17.6. The molecule has 9 atom stereocenters. The first-order valence-corrected chi connectivity index (χ1v) is 13.9. The summed E-state index contributed by atoms with van der Waals surface area (Å²) in [5.74, 6) is -8.34. The number of aliphatic hydroxyl groups excluding tert-OH is 1. The monoisotopic (exact) mass is 562 g/mol. The summed E-state index contributed by atoms with van der Waals surface area (Å²) < 4.78 is 79.2. The van der Waals surface area contributed by atoms with Gasteiger partial charge in [0.25, 0.3) is 0 Å². The molecule has 0 saturated heterocycles. The van der Waals surface area contributed by atoms with Gasteiger partial charge in [-0.3, -0.25) is 14.4 Å². The molecule has 4 fully saturated rings. The fourth-order valence-electron chi connectivity index (χ4n) is 8.44. The molecule has 0 radical (unpaired) electrons. The predicted octanol–water partition coefficient (Wildman–Crippen LogP) is 5.07. The lowest BCUT2D eigenvalue weighted by molar-refractivity contribution is -0.233. The van der Waals surface area contributed by atoms with E-state index in [-0.39, 0.29) is 36.6 Å². The smallest absolute Gasteiger partial charge is 0.310 e. The maximum Gasteiger partial charge on any atom is 0.310 e. The molecule has 0 amide bonds. The van der Waals surface area contributed by atoms with E-state index in [1.165, 1.54) is 13.0 Å². The number of rotatable bonds is 4. The second-order valence-corrected chi connectivity index (χ2v) is 13.0. The Bertz CT molecular complexity index is 1130. The maximum atomic E-state index is 17.3. The van der Waals surface area contributed by atoms with Crippen molar-refractivity contribution in [2.24, 2.45) is 34.5 Å². The molecule has 11 heteroatoms. The number of halogens is 5. The summed E-state index contributed by atoms with van der Waals surface area (Å²) in [7, 11) is 0. The Labute approximate surface area is 221 Å². The lowest BCUT2D eigenvalue weighted by Crippen LogP contribution is -2.71. The second-order valence-electron chi connectivity index (χ2n) is 12.2. The molecule has 0 spiro atoms. The predicted molar refractivity (Wildman–Crippen MR) is 128 cm³/mol. The van der Waals surface area contributed by atoms with Crippen LogP contribution < -0.4 is 0 Å². The van der Waals surface area contributed by atoms with Crippen LogP contribution in [0.1, 0.15) is 52.9 Å². The number of thioether (sulfide) groups is 1. The summed E-state index contributed by atoms with van der Waals surface area (Å²) in [6, 6.07) is -1.14. The number of aliphatic hydroxyl groups is 1. The molecule has 0 aromatic carbocycles. The van der Waals surface area contributed by atoms with Crippen molar-refractivity contribution in [3.8, 4) is 0 Å². The van der Waals surface area contributed by atoms with E-state index in [1.807, 2.05) is 0 Å². The topological polar surface area (TPSA) is 80.7 Å². The van der Waals surface area contributed by atoms with E-state index >= 15 is 8.78 Å². The molecule has 0 unspecified atom stereocenters. The van der Waals surface area contributed by atoms with Crippen LogP contribution in [0, 0.1) is 34.5 Å². The average Bonchev–Trinajstić information content (AvgIpc) is 3.03. The molecule has 5 nitrogen and oxygen atoms in total. The van der Waals surface area contributed by atoms with Crippen molar-refractivity contribution < 1.29 is 46.2 Å². The highest BCUT2D eigenvalue weighted by atomic mass is 32.2. The number of alkyl halides is 5. The number of ether oxygens (including phenoxy) is 1. The van der Waals surface area contributed by atoms with Crippen LogP contribution >= 0.6 is 11.8 Å². The SMILES string of the molecule is C[C@@H]1C[C@H]2[C@@H]3C[C@H](F)C4=CC(=O)C=C[C@]4(C)[C@@]3(F)[C@@H](O)C[C@]2(C)[C@@]1(OC(=O)C1CC(F)(F)C1)C(=O)SCF. The minimum absolute atomic E-state index is 0.0508. The Morgan fingerprint density at radius 3 is 2.39 bits per heavy atom. The van der Waals surface area contributed by atoms with Gasteiger partial charge >= 0.3 is 5.97 Å². The third-order valence-corrected chi connectivity index (χ3v) is 11.0. The zero-order chi connectivity index (χ0) is 28.1. The van der Waals surface area contributed by atoms with Gasteiger partial charge in [-0.15, -0.1) is 0 Å². The van der Waals surface area contributed by atoms with Gasteiger partial charge in [0, 0.05) is 35.5 Å². The van der Waals surface area contributed by atoms with E-state index in [0.717, 1.165) is 12.2 Å². The summed E-state index contributed by atoms with van der Waals surface area (Å²) in [5, 5.41) is 10.6. The van der Waals surface area contributed by atoms with Gasteiger partial charge in [0.05, 0.1) is 12.0 Å². The third kappa shape index (κ3) is 3.42. The Balaban J connectivity index is 1.59. The fraction of sp³-hybridized carbons (Fsp3) is 0.741. The highest BCUT2D eigenvalue weighted by molar-refractivity contribution is 8.13. The van der Waals surface area contributed by atoms with Crippen molar-refractivity contribution in [2.45, 2.75) is 82.3 Å². The largest absolute Gasteiger partial charge is 0.449 e. The van der Waals surface area contributed by atoms with Gasteiger partial charge in [0.2, 0.25) is 11.0 Å². The molecule has 38 heavy (non-hydrogen) atoms. The van der Waals surface area contributed by atoms with Gasteiger partial charge in [-0.25, -0.2) is 22.0 Å². The Morgan fingerprint density at radius 1 is 1.13 bits per heavy atom. The molecule has 0 heterocycles. The standard InChI is InChI=1S/C27H31F5O5S/c1-13-6-16-17-8-19(29)18-7-15(33)4-5-23(18,2)26(17,32)20(34)11-24(16,3)27(13,22(36)38-12-28)37-21(35)14-9-25(30,31)10-14/h4-5,7,13-14,16-17,19-20,34H,6,8-12H2,1-3H3/t13-,16+,17+,19+,20+,23+,24+,26+,27+/m1/s1. The van der Waals surface area contributed by atoms with Crippen molar-refractivity contribution in [3.63, 3.8) is 0 Å². The maximum absolute atomic E-state index is 17.3. The molecular formula is C27H31F5O5S. The van der Waals surface area contributed by atoms with Crippen LogP contribution in [0.4, 0.5) is 22.0 Å². The molecule has 0 aromatic rings. The summed E-state index contributed by atoms with van der Waals surface area (Å²) in [6.07, 6.45) is -2.04. The number of fused-ring (bicyclic) bond motifs is 5. The molecule has 5 rings (SSSR count). The number of hydrogen-bond donors (Lipinski definition) is 1. The van der Waals surface area contributed by atoms with E-state index in [1.54, 1.807) is 13.8 Å². The lowest BCUT2D eigenvalue weighted by Gasteiger charge is -2.63. The summed E-state index contributed by atoms with van der Waals surface area (Å²) in [4.78, 5) is 38.6. The molecule has 0 aliphatic heterocycles. The van der Waals surface area contributed by atoms with E-state index in [2.05, 4.69) is 0 Å². The highest BCUT2D eigenvalue weighted by Gasteiger charge is 2.78. The number of carbonyl (C=O) groups is 3. The number of carbonyl (C=O) groups excluding carboxylic acids is 3. The van der Waals surface area contributed by atoms with Gasteiger partial charge in [0.15, 0.2) is 17.1 Å². The highest BCUT2D eigenvalue weighted by Crippen LogP contribution is 2.72. The second kappa shape index (κ2) is 8.62. The molecule has 1 N–H and O–H groups in total. The van der Waals surface area contributed by atoms with Gasteiger partial charge in [-0.2, -0.15) is 0 Å². The number of hydrogen-bond acceptors (Lipinski definition) is 6. The average molecular weight is 563 g/mol. The third-order valence-electron chi connectivity index (χ3n) is 10.3. The van der Waals surface area contributed by atoms with Crippen LogP contribution in [-0.4, -0.2) is 57.4 Å². The summed E-state index contributed by atoms with van der Waals surface area (Å²) >= 11 is 0.274. The van der Waals surface area contributed by atoms with Gasteiger partial charge in [0.1, 0.15) is 12.2 Å². The van der Waals surface area contributed by atoms with E-state index in [0.29, 0.717) is 0 Å². The zero-order valence-corrected chi connectivity index (χ0v) is 22.1. The van der Waals surface area contributed by atoms with Gasteiger partial charge in [-0.1, -0.05) is 19.9 Å². The quantitative estimate of drug-likeness (QED) is 0.381. The number of esters is 1. The molecule has 5 aliphatic carbocycles. The van der Waals surface area contributed by atoms with Crippen LogP contribution in [0.5, 0.6) is 0 Å². The zero-order valence-electron chi connectivity index (χ0n) is 21.3. The summed E-state index contributed by atoms with van der Waals surface area (Å²) in [5.41, 5.74) is -7.55. The van der Waals surface area contributed by atoms with Crippen LogP contribution in [0.15, 0.2) is 23.8 Å². The molecule has 5 aliphatic rings. The van der Waals surface area contributed by atoms with Crippen molar-refractivity contribution in [1.29, 1.82) is 0 Å². The molecule has 210 valence electrons. The van der Waals surface area contributed by atoms with Crippen molar-refractivity contribution >= 4 is 28.6 Å². The van der Waals surface area contributed by atoms with Crippen LogP contribution in [0.2, 0.25) is 0 Å². The van der Waals surface area contributed by atoms with Gasteiger partial charge < -0.3 is 9.84 Å². The van der Waals surface area contributed by atoms with Crippen molar-refractivity contribution in [1.82, 2.24) is 0 Å². The lowest BCUT2D eigenvalue weighted by atomic mass is 9.44. The Morgan fingerprint density at radius 2 is 1.79 bits per heavy atom. The molecule has 0 aromatic heterocycles. The van der Waals surface area contributed by atoms with Crippen LogP contribution in [0.3, 0.4) is 0 Å². The minimum Gasteiger partial charge on any atom is -0.449 e. The summed E-state index contributed by atoms with van der Waals surface area (Å²) in [6.45, 7) is 4.60. The molecule has 4 saturated carbocycles. The van der Waals surface area contributed by atoms with Gasteiger partial charge in [-0.05, 0) is 61.6 Å². The number of allylic oxidation sites excluding steroid dienone is 4. The van der Waals surface area contributed by atoms with Crippen LogP contribution in [0.25, 0.3) is 0 Å². The van der Waals surface area contributed by atoms with Crippen molar-refractivity contribution in [3.05, 3.63) is 23.8 Å². The van der Waals surface area contributed by atoms with E-state index in [4.69, 9.17) is 4.74 Å². The first kappa shape index (κ1) is 27.8. The molecule has 0 bridgehead atoms. The molecular weight excluding hydrogens is 531 g/mol. The minimum atomic E-state index is -3.02. The number of ketones is 1. The normalized spacial score (nSPS) is 47.3. The Kier molecular flexibility index (Phi) is 6.31. The first-order valence-electron chi connectivity index (χ1n) is 12.9. The van der Waals surface area contributed by atoms with E-state index in [9.17, 15) is 32.7 Å². The van der Waals surface area contributed by atoms with Crippen LogP contribution in [-0.2, 0) is 19.1 Å². The Hall–Kier alpha value is -1.75. The van der Waals surface area contributed by atoms with Crippen molar-refractivity contribution in [2.75, 3.05) is 6.01 Å². The fourth-order valence-corrected chi connectivity index (χ4v) is 9.23. The van der Waals surface area contributed by atoms with E-state index < -0.39 is 99.7 Å².